The predicted octanol–water partition coefficient (Wildman–Crippen LogP) is 3.28. The fraction of sp³-hybridized carbons (Fsp3) is 0.611. The Bertz CT molecular complexity index is 584. The van der Waals surface area contributed by atoms with Crippen LogP contribution in [0.1, 0.15) is 30.4 Å². The Balaban J connectivity index is 1.72. The number of amides is 1. The molecule has 1 saturated heterocycles. The van der Waals surface area contributed by atoms with E-state index in [2.05, 4.69) is 10.2 Å². The zero-order valence-corrected chi connectivity index (χ0v) is 14.7. The molecule has 25 heavy (non-hydrogen) atoms. The minimum Gasteiger partial charge on any atom is -0.493 e. The maximum absolute atomic E-state index is 12.1. The Hall–Kier alpha value is -1.76. The number of rotatable bonds is 8. The average Bonchev–Trinajstić information content (AvgIpc) is 2.50. The molecule has 0 bridgehead atoms. The number of benzene rings is 1. The van der Waals surface area contributed by atoms with Gasteiger partial charge in [0.1, 0.15) is 5.75 Å². The molecule has 1 aliphatic rings. The highest BCUT2D eigenvalue weighted by Gasteiger charge is 2.31. The van der Waals surface area contributed by atoms with E-state index in [1.165, 1.54) is 0 Å². The van der Waals surface area contributed by atoms with Crippen LogP contribution in [-0.2, 0) is 11.3 Å². The molecule has 1 N–H and O–H groups in total. The van der Waals surface area contributed by atoms with Crippen LogP contribution >= 0.6 is 0 Å². The van der Waals surface area contributed by atoms with Crippen molar-refractivity contribution in [3.8, 4) is 5.75 Å². The van der Waals surface area contributed by atoms with E-state index >= 15 is 0 Å². The van der Waals surface area contributed by atoms with E-state index in [1.807, 2.05) is 25.1 Å². The number of carbonyl (C=O) groups excluding carboxylic acids is 1. The summed E-state index contributed by atoms with van der Waals surface area (Å²) >= 11 is 0. The summed E-state index contributed by atoms with van der Waals surface area (Å²) in [4.78, 5) is 13.7. The van der Waals surface area contributed by atoms with E-state index in [9.17, 15) is 18.0 Å². The summed E-state index contributed by atoms with van der Waals surface area (Å²) in [5, 5.41) is 2.66. The first-order valence-electron chi connectivity index (χ1n) is 8.51. The Labute approximate surface area is 146 Å². The third-order valence-corrected chi connectivity index (χ3v) is 4.33. The first-order valence-corrected chi connectivity index (χ1v) is 8.51. The van der Waals surface area contributed by atoms with Crippen molar-refractivity contribution in [3.05, 3.63) is 29.3 Å². The maximum atomic E-state index is 12.1. The summed E-state index contributed by atoms with van der Waals surface area (Å²) in [5.74, 6) is 0.870. The van der Waals surface area contributed by atoms with Crippen molar-refractivity contribution < 1.29 is 22.7 Å². The number of aryl methyl sites for hydroxylation is 1. The minimum absolute atomic E-state index is 0.0744. The summed E-state index contributed by atoms with van der Waals surface area (Å²) in [6.07, 6.45) is -4.39. The lowest BCUT2D eigenvalue weighted by atomic mass is 9.98. The lowest BCUT2D eigenvalue weighted by Crippen LogP contribution is -2.52. The SMILES string of the molecule is CNC(=O)C1CN(Cc2ccc(OCCCCC(F)(F)F)c(C)c2)C1. The fourth-order valence-electron chi connectivity index (χ4n) is 2.91. The molecule has 1 amide bonds. The molecule has 0 aromatic heterocycles. The van der Waals surface area contributed by atoms with E-state index in [0.29, 0.717) is 12.2 Å². The average molecular weight is 358 g/mol. The van der Waals surface area contributed by atoms with Gasteiger partial charge in [0.25, 0.3) is 0 Å². The number of nitrogens with zero attached hydrogens (tertiary/aromatic N) is 1. The van der Waals surface area contributed by atoms with Crippen LogP contribution in [0.15, 0.2) is 18.2 Å². The van der Waals surface area contributed by atoms with Gasteiger partial charge in [0, 0.05) is 33.1 Å². The van der Waals surface area contributed by atoms with Crippen LogP contribution in [0.5, 0.6) is 5.75 Å². The molecule has 4 nitrogen and oxygen atoms in total. The lowest BCUT2D eigenvalue weighted by Gasteiger charge is -2.38. The molecule has 0 unspecified atom stereocenters. The zero-order chi connectivity index (χ0) is 18.4. The Morgan fingerprint density at radius 1 is 1.32 bits per heavy atom. The second kappa shape index (κ2) is 8.56. The Kier molecular flexibility index (Phi) is 6.70. The van der Waals surface area contributed by atoms with Gasteiger partial charge in [-0.15, -0.1) is 0 Å². The van der Waals surface area contributed by atoms with E-state index in [4.69, 9.17) is 4.74 Å². The highest BCUT2D eigenvalue weighted by molar-refractivity contribution is 5.79. The topological polar surface area (TPSA) is 41.6 Å². The molecule has 0 radical (unpaired) electrons. The Morgan fingerprint density at radius 2 is 2.04 bits per heavy atom. The third kappa shape index (κ3) is 6.23. The second-order valence-corrected chi connectivity index (χ2v) is 6.53. The summed E-state index contributed by atoms with van der Waals surface area (Å²) in [5.41, 5.74) is 2.11. The van der Waals surface area contributed by atoms with Gasteiger partial charge < -0.3 is 10.1 Å². The minimum atomic E-state index is -4.09. The van der Waals surface area contributed by atoms with Crippen LogP contribution in [0.25, 0.3) is 0 Å². The van der Waals surface area contributed by atoms with E-state index in [0.717, 1.165) is 30.8 Å². The smallest absolute Gasteiger partial charge is 0.389 e. The molecule has 140 valence electrons. The molecule has 1 aromatic carbocycles. The monoisotopic (exact) mass is 358 g/mol. The molecule has 0 atom stereocenters. The highest BCUT2D eigenvalue weighted by Crippen LogP contribution is 2.25. The molecule has 0 saturated carbocycles. The van der Waals surface area contributed by atoms with Gasteiger partial charge in [0.05, 0.1) is 12.5 Å². The molecule has 2 rings (SSSR count). The summed E-state index contributed by atoms with van der Waals surface area (Å²) in [7, 11) is 1.65. The fourth-order valence-corrected chi connectivity index (χ4v) is 2.91. The standard InChI is InChI=1S/C18H25F3N2O2/c1-13-9-14(10-23-11-15(12-23)17(24)22-2)5-6-16(13)25-8-4-3-7-18(19,20)21/h5-6,9,15H,3-4,7-8,10-12H2,1-2H3,(H,22,24). The van der Waals surface area contributed by atoms with Gasteiger partial charge in [0.2, 0.25) is 5.91 Å². The van der Waals surface area contributed by atoms with Crippen molar-refractivity contribution >= 4 is 5.91 Å². The van der Waals surface area contributed by atoms with Crippen LogP contribution in [-0.4, -0.2) is 43.7 Å². The number of alkyl halides is 3. The van der Waals surface area contributed by atoms with Crippen molar-refractivity contribution in [2.75, 3.05) is 26.7 Å². The van der Waals surface area contributed by atoms with Crippen LogP contribution < -0.4 is 10.1 Å². The van der Waals surface area contributed by atoms with Crippen molar-refractivity contribution in [3.63, 3.8) is 0 Å². The second-order valence-electron chi connectivity index (χ2n) is 6.53. The van der Waals surface area contributed by atoms with Crippen LogP contribution in [0.3, 0.4) is 0 Å². The number of carbonyl (C=O) groups is 1. The number of hydrogen-bond donors (Lipinski definition) is 1. The summed E-state index contributed by atoms with van der Waals surface area (Å²) in [6.45, 7) is 4.51. The van der Waals surface area contributed by atoms with Gasteiger partial charge in [0.15, 0.2) is 0 Å². The van der Waals surface area contributed by atoms with E-state index < -0.39 is 12.6 Å². The molecule has 1 aliphatic heterocycles. The normalized spacial score (nSPS) is 15.7. The quantitative estimate of drug-likeness (QED) is 0.725. The van der Waals surface area contributed by atoms with Crippen molar-refractivity contribution in [2.24, 2.45) is 5.92 Å². The van der Waals surface area contributed by atoms with Gasteiger partial charge >= 0.3 is 6.18 Å². The molecule has 0 spiro atoms. The number of halogens is 3. The maximum Gasteiger partial charge on any atom is 0.389 e. The molecule has 1 fully saturated rings. The van der Waals surface area contributed by atoms with Crippen molar-refractivity contribution in [1.82, 2.24) is 10.2 Å². The van der Waals surface area contributed by atoms with Crippen molar-refractivity contribution in [1.29, 1.82) is 0 Å². The number of ether oxygens (including phenoxy) is 1. The molecular formula is C18H25F3N2O2. The first kappa shape index (κ1) is 19.6. The Morgan fingerprint density at radius 3 is 2.64 bits per heavy atom. The van der Waals surface area contributed by atoms with Gasteiger partial charge in [-0.05, 0) is 37.0 Å². The number of likely N-dealkylation sites (tertiary alicyclic amines) is 1. The summed E-state index contributed by atoms with van der Waals surface area (Å²) < 4.78 is 41.8. The molecule has 1 heterocycles. The molecular weight excluding hydrogens is 333 g/mol. The van der Waals surface area contributed by atoms with E-state index in [-0.39, 0.29) is 24.9 Å². The van der Waals surface area contributed by atoms with Gasteiger partial charge in [-0.1, -0.05) is 12.1 Å². The summed E-state index contributed by atoms with van der Waals surface area (Å²) in [6, 6.07) is 5.86. The van der Waals surface area contributed by atoms with Crippen molar-refractivity contribution in [2.45, 2.75) is 38.9 Å². The van der Waals surface area contributed by atoms with Crippen LogP contribution in [0.4, 0.5) is 13.2 Å². The van der Waals surface area contributed by atoms with Crippen LogP contribution in [0, 0.1) is 12.8 Å². The van der Waals surface area contributed by atoms with Crippen LogP contribution in [0.2, 0.25) is 0 Å². The zero-order valence-electron chi connectivity index (χ0n) is 14.7. The lowest BCUT2D eigenvalue weighted by molar-refractivity contribution is -0.135. The number of unbranched alkanes of at least 4 members (excludes halogenated alkanes) is 1. The number of hydrogen-bond acceptors (Lipinski definition) is 3. The predicted molar refractivity (Wildman–Crippen MR) is 89.4 cm³/mol. The third-order valence-electron chi connectivity index (χ3n) is 4.33. The first-order chi connectivity index (χ1) is 11.8. The van der Waals surface area contributed by atoms with Gasteiger partial charge in [-0.25, -0.2) is 0 Å². The molecule has 7 heteroatoms. The molecule has 0 aliphatic carbocycles. The molecule has 1 aromatic rings. The van der Waals surface area contributed by atoms with E-state index in [1.54, 1.807) is 7.05 Å². The van der Waals surface area contributed by atoms with Gasteiger partial charge in [-0.2, -0.15) is 13.2 Å². The van der Waals surface area contributed by atoms with Gasteiger partial charge in [-0.3, -0.25) is 9.69 Å². The number of nitrogens with one attached hydrogen (secondary N) is 1. The largest absolute Gasteiger partial charge is 0.493 e. The highest BCUT2D eigenvalue weighted by atomic mass is 19.4.